The molecule has 0 unspecified atom stereocenters. The summed E-state index contributed by atoms with van der Waals surface area (Å²) in [5.41, 5.74) is -2.41. The molecule has 0 aliphatic rings. The van der Waals surface area contributed by atoms with E-state index in [0.29, 0.717) is 10.0 Å². The highest BCUT2D eigenvalue weighted by Crippen LogP contribution is 2.40. The third-order valence-electron chi connectivity index (χ3n) is 3.97. The molecular formula is C21H24BrF3N2O2S. The molecule has 0 bridgehead atoms. The minimum absolute atomic E-state index is 0.0533. The van der Waals surface area contributed by atoms with Crippen LogP contribution in [0.3, 0.4) is 0 Å². The molecule has 0 aliphatic heterocycles. The van der Waals surface area contributed by atoms with Gasteiger partial charge in [-0.3, -0.25) is 14.9 Å². The van der Waals surface area contributed by atoms with Gasteiger partial charge in [0.25, 0.3) is 0 Å². The van der Waals surface area contributed by atoms with E-state index in [9.17, 15) is 22.8 Å². The zero-order chi connectivity index (χ0) is 22.9. The fourth-order valence-corrected chi connectivity index (χ4v) is 3.08. The van der Waals surface area contributed by atoms with Gasteiger partial charge in [-0.05, 0) is 44.2 Å². The van der Waals surface area contributed by atoms with E-state index in [4.69, 9.17) is 0 Å². The molecule has 0 aromatic heterocycles. The van der Waals surface area contributed by atoms with Crippen molar-refractivity contribution in [2.45, 2.75) is 38.0 Å². The van der Waals surface area contributed by atoms with Crippen LogP contribution in [0.25, 0.3) is 0 Å². The smallest absolute Gasteiger partial charge is 0.348 e. The standard InChI is InChI=1S/C21H24BrF3N2O2S/c1-14(2)12-18(19(29)26-13-15(3)28)27-20(21(23,24)25,10-5-11-30-4)16-6-8-17(22)9-7-16/h6-9,18,27H,1,11-13H2,2-4H3,(H,26,29)/t18-,20-/m0/s1. The van der Waals surface area contributed by atoms with Crippen LogP contribution < -0.4 is 10.6 Å². The van der Waals surface area contributed by atoms with Crippen LogP contribution in [-0.2, 0) is 15.1 Å². The van der Waals surface area contributed by atoms with Crippen molar-refractivity contribution in [1.29, 1.82) is 0 Å². The van der Waals surface area contributed by atoms with Gasteiger partial charge in [-0.1, -0.05) is 45.5 Å². The summed E-state index contributed by atoms with van der Waals surface area (Å²) in [5, 5.41) is 4.82. The Morgan fingerprint density at radius 2 is 1.83 bits per heavy atom. The number of nitrogens with one attached hydrogen (secondary N) is 2. The molecule has 1 aromatic rings. The first-order valence-electron chi connectivity index (χ1n) is 8.94. The van der Waals surface area contributed by atoms with Gasteiger partial charge in [0.2, 0.25) is 11.4 Å². The number of thioether (sulfide) groups is 1. The van der Waals surface area contributed by atoms with E-state index in [1.54, 1.807) is 13.2 Å². The molecule has 0 radical (unpaired) electrons. The molecule has 9 heteroatoms. The van der Waals surface area contributed by atoms with Gasteiger partial charge in [0.05, 0.1) is 18.3 Å². The lowest BCUT2D eigenvalue weighted by Crippen LogP contribution is -2.60. The van der Waals surface area contributed by atoms with Crippen LogP contribution >= 0.6 is 27.7 Å². The van der Waals surface area contributed by atoms with Crippen molar-refractivity contribution in [3.05, 3.63) is 46.5 Å². The number of hydrogen-bond donors (Lipinski definition) is 2. The van der Waals surface area contributed by atoms with Gasteiger partial charge in [0, 0.05) is 4.47 Å². The Balaban J connectivity index is 3.54. The number of rotatable bonds is 9. The minimum atomic E-state index is -4.83. The van der Waals surface area contributed by atoms with Crippen molar-refractivity contribution in [3.8, 4) is 11.8 Å². The first kappa shape index (κ1) is 26.3. The van der Waals surface area contributed by atoms with Crippen LogP contribution in [0.1, 0.15) is 25.8 Å². The Labute approximate surface area is 187 Å². The maximum absolute atomic E-state index is 14.5. The number of ketones is 1. The van der Waals surface area contributed by atoms with Gasteiger partial charge in [-0.2, -0.15) is 24.9 Å². The van der Waals surface area contributed by atoms with Crippen molar-refractivity contribution in [1.82, 2.24) is 10.6 Å². The quantitative estimate of drug-likeness (QED) is 0.390. The third kappa shape index (κ3) is 7.49. The molecule has 0 spiro atoms. The Kier molecular flexibility index (Phi) is 10.1. The van der Waals surface area contributed by atoms with Crippen LogP contribution in [0.4, 0.5) is 13.2 Å². The number of carbonyl (C=O) groups excluding carboxylic acids is 2. The van der Waals surface area contributed by atoms with E-state index in [0.717, 1.165) is 0 Å². The van der Waals surface area contributed by atoms with Gasteiger partial charge >= 0.3 is 6.18 Å². The summed E-state index contributed by atoms with van der Waals surface area (Å²) in [5.74, 6) is 4.04. The lowest BCUT2D eigenvalue weighted by atomic mass is 9.87. The summed E-state index contributed by atoms with van der Waals surface area (Å²) in [4.78, 5) is 23.8. The monoisotopic (exact) mass is 504 g/mol. The van der Waals surface area contributed by atoms with Crippen molar-refractivity contribution in [2.75, 3.05) is 18.6 Å². The largest absolute Gasteiger partial charge is 0.422 e. The number of benzene rings is 1. The molecule has 4 nitrogen and oxygen atoms in total. The van der Waals surface area contributed by atoms with E-state index >= 15 is 0 Å². The number of halogens is 4. The molecule has 2 N–H and O–H groups in total. The number of amides is 1. The van der Waals surface area contributed by atoms with E-state index in [-0.39, 0.29) is 30.1 Å². The zero-order valence-electron chi connectivity index (χ0n) is 17.0. The zero-order valence-corrected chi connectivity index (χ0v) is 19.4. The Hall–Kier alpha value is -1.76. The second-order valence-corrected chi connectivity index (χ2v) is 8.55. The highest BCUT2D eigenvalue weighted by molar-refractivity contribution is 9.10. The van der Waals surface area contributed by atoms with Gasteiger partial charge < -0.3 is 5.32 Å². The Morgan fingerprint density at radius 1 is 1.23 bits per heavy atom. The Morgan fingerprint density at radius 3 is 2.30 bits per heavy atom. The molecule has 0 saturated carbocycles. The fourth-order valence-electron chi connectivity index (χ4n) is 2.60. The lowest BCUT2D eigenvalue weighted by molar-refractivity contribution is -0.184. The molecule has 2 atom stereocenters. The molecule has 0 aliphatic carbocycles. The van der Waals surface area contributed by atoms with E-state index in [1.165, 1.54) is 43.0 Å². The predicted octanol–water partition coefficient (Wildman–Crippen LogP) is 4.20. The second-order valence-electron chi connectivity index (χ2n) is 6.77. The van der Waals surface area contributed by atoms with Gasteiger partial charge in [-0.25, -0.2) is 0 Å². The summed E-state index contributed by atoms with van der Waals surface area (Å²) >= 11 is 4.51. The van der Waals surface area contributed by atoms with Crippen molar-refractivity contribution in [2.24, 2.45) is 0 Å². The maximum atomic E-state index is 14.5. The molecule has 0 fully saturated rings. The average molecular weight is 505 g/mol. The van der Waals surface area contributed by atoms with Gasteiger partial charge in [0.15, 0.2) is 0 Å². The lowest BCUT2D eigenvalue weighted by Gasteiger charge is -2.36. The van der Waals surface area contributed by atoms with Gasteiger partial charge in [-0.15, -0.1) is 6.58 Å². The van der Waals surface area contributed by atoms with Crippen LogP contribution in [0.15, 0.2) is 40.9 Å². The predicted molar refractivity (Wildman–Crippen MR) is 118 cm³/mol. The first-order chi connectivity index (χ1) is 13.9. The highest BCUT2D eigenvalue weighted by atomic mass is 79.9. The highest BCUT2D eigenvalue weighted by Gasteiger charge is 2.56. The van der Waals surface area contributed by atoms with Crippen LogP contribution in [0.5, 0.6) is 0 Å². The first-order valence-corrected chi connectivity index (χ1v) is 11.1. The molecular weight excluding hydrogens is 481 g/mol. The fraction of sp³-hybridized carbons (Fsp3) is 0.429. The van der Waals surface area contributed by atoms with Crippen LogP contribution in [0.2, 0.25) is 0 Å². The Bertz CT molecular complexity index is 831. The number of carbonyl (C=O) groups is 2. The molecule has 1 rings (SSSR count). The second kappa shape index (κ2) is 11.6. The number of alkyl halides is 3. The summed E-state index contributed by atoms with van der Waals surface area (Å²) < 4.78 is 44.0. The van der Waals surface area contributed by atoms with Crippen molar-refractivity contribution >= 4 is 39.4 Å². The van der Waals surface area contributed by atoms with Crippen molar-refractivity contribution < 1.29 is 22.8 Å². The van der Waals surface area contributed by atoms with E-state index < -0.39 is 23.7 Å². The molecule has 164 valence electrons. The summed E-state index contributed by atoms with van der Waals surface area (Å²) in [6, 6.07) is 4.29. The SMILES string of the molecule is C=C(C)C[C@H](N[C@@](C#CCSC)(c1ccc(Br)cc1)C(F)(F)F)C(=O)NCC(C)=O. The number of hydrogen-bond acceptors (Lipinski definition) is 4. The van der Waals surface area contributed by atoms with E-state index in [1.807, 2.05) is 0 Å². The number of Topliss-reactive ketones (excluding diaryl/α,β-unsaturated/α-hetero) is 1. The average Bonchev–Trinajstić information content (AvgIpc) is 2.64. The van der Waals surface area contributed by atoms with Gasteiger partial charge in [0.1, 0.15) is 5.78 Å². The molecule has 0 heterocycles. The summed E-state index contributed by atoms with van der Waals surface area (Å²) in [6.45, 7) is 6.32. The third-order valence-corrected chi connectivity index (χ3v) is 4.93. The molecule has 1 aromatic carbocycles. The molecule has 30 heavy (non-hydrogen) atoms. The van der Waals surface area contributed by atoms with Crippen LogP contribution in [0, 0.1) is 11.8 Å². The molecule has 0 saturated heterocycles. The van der Waals surface area contributed by atoms with E-state index in [2.05, 4.69) is 45.0 Å². The summed E-state index contributed by atoms with van der Waals surface area (Å²) in [7, 11) is 0. The van der Waals surface area contributed by atoms with Crippen LogP contribution in [-0.4, -0.2) is 42.5 Å². The topological polar surface area (TPSA) is 58.2 Å². The normalized spacial score (nSPS) is 14.1. The molecule has 1 amide bonds. The van der Waals surface area contributed by atoms with Crippen molar-refractivity contribution in [3.63, 3.8) is 0 Å². The summed E-state index contributed by atoms with van der Waals surface area (Å²) in [6.07, 6.45) is -3.15. The minimum Gasteiger partial charge on any atom is -0.348 e. The maximum Gasteiger partial charge on any atom is 0.422 e.